The van der Waals surface area contributed by atoms with Crippen molar-refractivity contribution in [3.05, 3.63) is 48.0 Å². The number of nitrogens with one attached hydrogen (secondary N) is 2. The molecule has 0 unspecified atom stereocenters. The van der Waals surface area contributed by atoms with Gasteiger partial charge in [0.05, 0.1) is 25.4 Å². The monoisotopic (exact) mass is 406 g/mol. The van der Waals surface area contributed by atoms with Crippen molar-refractivity contribution in [1.29, 1.82) is 0 Å². The SMILES string of the molecule is C=C(C)COCC(C)(C)NC[C@@H](O)[C@H](Cc1ccccc1)NC(=O)OC(C)(C)C. The summed E-state index contributed by atoms with van der Waals surface area (Å²) in [7, 11) is 0. The van der Waals surface area contributed by atoms with E-state index in [4.69, 9.17) is 9.47 Å². The molecule has 3 N–H and O–H groups in total. The molecule has 6 nitrogen and oxygen atoms in total. The molecule has 6 heteroatoms. The standard InChI is InChI=1S/C23H38N2O4/c1-17(2)15-28-16-23(6,7)24-14-20(26)19(13-18-11-9-8-10-12-18)25-21(27)29-22(3,4)5/h8-12,19-20,24,26H,1,13-16H2,2-7H3,(H,25,27)/t19-,20+/m0/s1. The Labute approximate surface area is 175 Å². The molecule has 0 saturated carbocycles. The predicted octanol–water partition coefficient (Wildman–Crippen LogP) is 3.44. The quantitative estimate of drug-likeness (QED) is 0.491. The zero-order valence-corrected chi connectivity index (χ0v) is 18.7. The minimum Gasteiger partial charge on any atom is -0.444 e. The van der Waals surface area contributed by atoms with Gasteiger partial charge in [-0.05, 0) is 53.5 Å². The molecule has 0 fully saturated rings. The third-order valence-corrected chi connectivity index (χ3v) is 4.07. The second-order valence-electron chi connectivity index (χ2n) is 9.22. The van der Waals surface area contributed by atoms with Crippen molar-refractivity contribution in [3.8, 4) is 0 Å². The van der Waals surface area contributed by atoms with Crippen LogP contribution in [0.5, 0.6) is 0 Å². The summed E-state index contributed by atoms with van der Waals surface area (Å²) in [6, 6.07) is 9.26. The Morgan fingerprint density at radius 1 is 1.17 bits per heavy atom. The maximum Gasteiger partial charge on any atom is 0.407 e. The van der Waals surface area contributed by atoms with E-state index in [1.54, 1.807) is 0 Å². The molecule has 1 rings (SSSR count). The predicted molar refractivity (Wildman–Crippen MR) is 117 cm³/mol. The maximum absolute atomic E-state index is 12.3. The van der Waals surface area contributed by atoms with Crippen molar-refractivity contribution in [2.45, 2.75) is 71.2 Å². The highest BCUT2D eigenvalue weighted by Crippen LogP contribution is 2.11. The molecule has 0 aliphatic rings. The summed E-state index contributed by atoms with van der Waals surface area (Å²) >= 11 is 0. The van der Waals surface area contributed by atoms with Crippen LogP contribution >= 0.6 is 0 Å². The Balaban J connectivity index is 2.72. The van der Waals surface area contributed by atoms with Crippen LogP contribution in [0.15, 0.2) is 42.5 Å². The Hall–Kier alpha value is -1.89. The van der Waals surface area contributed by atoms with Gasteiger partial charge in [0, 0.05) is 12.1 Å². The Bertz CT molecular complexity index is 638. The Morgan fingerprint density at radius 3 is 2.34 bits per heavy atom. The molecular weight excluding hydrogens is 368 g/mol. The van der Waals surface area contributed by atoms with Crippen LogP contribution in [0.4, 0.5) is 4.79 Å². The largest absolute Gasteiger partial charge is 0.444 e. The summed E-state index contributed by atoms with van der Waals surface area (Å²) in [4.78, 5) is 12.3. The molecule has 0 saturated heterocycles. The van der Waals surface area contributed by atoms with Crippen LogP contribution in [0.25, 0.3) is 0 Å². The number of aliphatic hydroxyl groups excluding tert-OH is 1. The lowest BCUT2D eigenvalue weighted by atomic mass is 10.00. The van der Waals surface area contributed by atoms with Crippen molar-refractivity contribution >= 4 is 6.09 Å². The minimum atomic E-state index is -0.803. The molecule has 0 radical (unpaired) electrons. The second-order valence-corrected chi connectivity index (χ2v) is 9.22. The number of β-amino-alcohol motifs (C(OH)–C–C–N with tert-alkyl or cyclic N) is 1. The zero-order chi connectivity index (χ0) is 22.1. The van der Waals surface area contributed by atoms with Gasteiger partial charge < -0.3 is 25.2 Å². The molecule has 29 heavy (non-hydrogen) atoms. The van der Waals surface area contributed by atoms with Crippen LogP contribution in [-0.2, 0) is 15.9 Å². The van der Waals surface area contributed by atoms with Crippen molar-refractivity contribution in [1.82, 2.24) is 10.6 Å². The van der Waals surface area contributed by atoms with Crippen molar-refractivity contribution in [2.24, 2.45) is 0 Å². The van der Waals surface area contributed by atoms with Crippen LogP contribution in [0.2, 0.25) is 0 Å². The number of carbonyl (C=O) groups is 1. The van der Waals surface area contributed by atoms with E-state index in [9.17, 15) is 9.90 Å². The van der Waals surface area contributed by atoms with Crippen molar-refractivity contribution in [2.75, 3.05) is 19.8 Å². The number of benzene rings is 1. The third kappa shape index (κ3) is 11.6. The molecule has 0 bridgehead atoms. The number of carbonyl (C=O) groups excluding carboxylic acids is 1. The number of aliphatic hydroxyl groups is 1. The molecule has 1 amide bonds. The molecule has 164 valence electrons. The van der Waals surface area contributed by atoms with E-state index < -0.39 is 23.8 Å². The fourth-order valence-electron chi connectivity index (χ4n) is 2.66. The van der Waals surface area contributed by atoms with Gasteiger partial charge in [0.2, 0.25) is 0 Å². The number of alkyl carbamates (subject to hydrolysis) is 1. The molecule has 0 aliphatic heterocycles. The van der Waals surface area contributed by atoms with Crippen molar-refractivity contribution in [3.63, 3.8) is 0 Å². The maximum atomic E-state index is 12.3. The Morgan fingerprint density at radius 2 is 1.79 bits per heavy atom. The smallest absolute Gasteiger partial charge is 0.407 e. The van der Waals surface area contributed by atoms with Gasteiger partial charge in [-0.1, -0.05) is 42.5 Å². The van der Waals surface area contributed by atoms with Crippen LogP contribution in [0.1, 0.15) is 47.1 Å². The number of amides is 1. The number of hydrogen-bond acceptors (Lipinski definition) is 5. The lowest BCUT2D eigenvalue weighted by molar-refractivity contribution is 0.0398. The van der Waals surface area contributed by atoms with Gasteiger partial charge in [-0.25, -0.2) is 4.79 Å². The normalized spacial score (nSPS) is 14.2. The molecule has 0 aromatic heterocycles. The first kappa shape index (κ1) is 25.1. The average molecular weight is 407 g/mol. The highest BCUT2D eigenvalue weighted by atomic mass is 16.6. The van der Waals surface area contributed by atoms with Gasteiger partial charge in [0.25, 0.3) is 0 Å². The van der Waals surface area contributed by atoms with Crippen LogP contribution in [0, 0.1) is 0 Å². The van der Waals surface area contributed by atoms with Crippen LogP contribution in [0.3, 0.4) is 0 Å². The second kappa shape index (κ2) is 11.3. The molecule has 2 atom stereocenters. The van der Waals surface area contributed by atoms with E-state index in [-0.39, 0.29) is 5.54 Å². The van der Waals surface area contributed by atoms with Gasteiger partial charge in [0.15, 0.2) is 0 Å². The highest BCUT2D eigenvalue weighted by Gasteiger charge is 2.27. The number of rotatable bonds is 11. The summed E-state index contributed by atoms with van der Waals surface area (Å²) in [5, 5.41) is 17.0. The molecule has 1 aromatic rings. The molecule has 0 aliphatic carbocycles. The fourth-order valence-corrected chi connectivity index (χ4v) is 2.66. The van der Waals surface area contributed by atoms with E-state index in [0.717, 1.165) is 11.1 Å². The lowest BCUT2D eigenvalue weighted by Crippen LogP contribution is -2.54. The van der Waals surface area contributed by atoms with E-state index >= 15 is 0 Å². The van der Waals surface area contributed by atoms with Gasteiger partial charge in [-0.3, -0.25) is 0 Å². The van der Waals surface area contributed by atoms with Crippen molar-refractivity contribution < 1.29 is 19.4 Å². The highest BCUT2D eigenvalue weighted by molar-refractivity contribution is 5.68. The third-order valence-electron chi connectivity index (χ3n) is 4.07. The number of hydrogen-bond donors (Lipinski definition) is 3. The molecule has 1 aromatic carbocycles. The lowest BCUT2D eigenvalue weighted by Gasteiger charge is -2.31. The summed E-state index contributed by atoms with van der Waals surface area (Å²) in [5.74, 6) is 0. The first-order chi connectivity index (χ1) is 13.4. The summed E-state index contributed by atoms with van der Waals surface area (Å²) < 4.78 is 11.0. The topological polar surface area (TPSA) is 79.8 Å². The molecule has 0 spiro atoms. The van der Waals surface area contributed by atoms with E-state index in [2.05, 4.69) is 17.2 Å². The summed E-state index contributed by atoms with van der Waals surface area (Å²) in [5.41, 5.74) is 1.05. The van der Waals surface area contributed by atoms with Crippen LogP contribution < -0.4 is 10.6 Å². The van der Waals surface area contributed by atoms with Gasteiger partial charge in [-0.15, -0.1) is 0 Å². The van der Waals surface area contributed by atoms with Crippen LogP contribution in [-0.4, -0.2) is 54.2 Å². The Kier molecular flexibility index (Phi) is 9.83. The summed E-state index contributed by atoms with van der Waals surface area (Å²) in [6.45, 7) is 16.5. The minimum absolute atomic E-state index is 0.302. The van der Waals surface area contributed by atoms with Gasteiger partial charge in [0.1, 0.15) is 5.60 Å². The first-order valence-corrected chi connectivity index (χ1v) is 10.1. The van der Waals surface area contributed by atoms with Gasteiger partial charge >= 0.3 is 6.09 Å². The first-order valence-electron chi connectivity index (χ1n) is 10.1. The molecule has 0 heterocycles. The van der Waals surface area contributed by atoms with E-state index in [0.29, 0.717) is 26.2 Å². The van der Waals surface area contributed by atoms with E-state index in [1.165, 1.54) is 0 Å². The zero-order valence-electron chi connectivity index (χ0n) is 18.7. The van der Waals surface area contributed by atoms with Gasteiger partial charge in [-0.2, -0.15) is 0 Å². The van der Waals surface area contributed by atoms with E-state index in [1.807, 2.05) is 71.9 Å². The molecular formula is C23H38N2O4. The fraction of sp³-hybridized carbons (Fsp3) is 0.609. The summed E-state index contributed by atoms with van der Waals surface area (Å²) in [6.07, 6.45) is -0.847. The number of ether oxygens (including phenoxy) is 2. The average Bonchev–Trinajstić information content (AvgIpc) is 2.58.